The third kappa shape index (κ3) is 2.83. The molecule has 88 valence electrons. The monoisotopic (exact) mass is 250 g/mol. The minimum Gasteiger partial charge on any atom is -0.290 e. The summed E-state index contributed by atoms with van der Waals surface area (Å²) in [5.41, 5.74) is 3.56. The Morgan fingerprint density at radius 3 is 3.00 bits per heavy atom. The van der Waals surface area contributed by atoms with Crippen LogP contribution in [0.1, 0.15) is 15.9 Å². The van der Waals surface area contributed by atoms with Crippen LogP contribution in [0.5, 0.6) is 0 Å². The molecule has 0 bridgehead atoms. The number of halogens is 1. The molecule has 0 aliphatic carbocycles. The van der Waals surface area contributed by atoms with Crippen molar-refractivity contribution in [3.63, 3.8) is 0 Å². The molecule has 2 aromatic rings. The summed E-state index contributed by atoms with van der Waals surface area (Å²) in [5, 5.41) is 4.65. The number of hydrogen-bond donors (Lipinski definition) is 2. The quantitative estimate of drug-likeness (QED) is 0.488. The number of nitrogens with two attached hydrogens (primary N) is 1. The van der Waals surface area contributed by atoms with Crippen LogP contribution in [0.4, 0.5) is 0 Å². The summed E-state index contributed by atoms with van der Waals surface area (Å²) >= 11 is 5.77. The van der Waals surface area contributed by atoms with E-state index < -0.39 is 0 Å². The predicted octanol–water partition coefficient (Wildman–Crippen LogP) is 1.19. The van der Waals surface area contributed by atoms with E-state index >= 15 is 0 Å². The molecular formula is C11H11ClN4O. The normalized spacial score (nSPS) is 10.2. The number of rotatable bonds is 3. The van der Waals surface area contributed by atoms with E-state index in [0.29, 0.717) is 17.1 Å². The number of carbonyl (C=O) groups is 1. The fraction of sp³-hybridized carbons (Fsp3) is 0.0909. The summed E-state index contributed by atoms with van der Waals surface area (Å²) in [6.07, 6.45) is 3.29. The Bertz CT molecular complexity index is 538. The summed E-state index contributed by atoms with van der Waals surface area (Å²) in [5.74, 6) is 4.76. The van der Waals surface area contributed by atoms with E-state index in [1.807, 2.05) is 6.07 Å². The standard InChI is InChI=1S/C11H11ClN4O/c12-10-5-14-16(7-10)6-8-2-1-3-9(4-8)11(17)15-13/h1-5,7H,6,13H2,(H,15,17). The number of aromatic nitrogens is 2. The lowest BCUT2D eigenvalue weighted by Crippen LogP contribution is -2.30. The SMILES string of the molecule is NNC(=O)c1cccc(Cn2cc(Cl)cn2)c1. The van der Waals surface area contributed by atoms with Crippen molar-refractivity contribution in [1.82, 2.24) is 15.2 Å². The molecule has 0 radical (unpaired) electrons. The molecule has 17 heavy (non-hydrogen) atoms. The Morgan fingerprint density at radius 2 is 2.35 bits per heavy atom. The van der Waals surface area contributed by atoms with Crippen LogP contribution in [0.15, 0.2) is 36.7 Å². The molecule has 0 aliphatic rings. The molecule has 1 amide bonds. The molecule has 0 saturated heterocycles. The molecule has 0 fully saturated rings. The maximum atomic E-state index is 11.3. The van der Waals surface area contributed by atoms with Gasteiger partial charge in [-0.3, -0.25) is 14.9 Å². The van der Waals surface area contributed by atoms with Gasteiger partial charge < -0.3 is 0 Å². The lowest BCUT2D eigenvalue weighted by molar-refractivity contribution is 0.0953. The summed E-state index contributed by atoms with van der Waals surface area (Å²) in [6, 6.07) is 7.16. The molecule has 0 aliphatic heterocycles. The summed E-state index contributed by atoms with van der Waals surface area (Å²) in [6.45, 7) is 0.554. The van der Waals surface area contributed by atoms with E-state index in [-0.39, 0.29) is 5.91 Å². The lowest BCUT2D eigenvalue weighted by Gasteiger charge is -2.04. The van der Waals surface area contributed by atoms with Crippen LogP contribution < -0.4 is 11.3 Å². The molecule has 0 unspecified atom stereocenters. The largest absolute Gasteiger partial charge is 0.290 e. The molecule has 3 N–H and O–H groups in total. The van der Waals surface area contributed by atoms with Crippen molar-refractivity contribution in [3.8, 4) is 0 Å². The van der Waals surface area contributed by atoms with Crippen LogP contribution in [0.2, 0.25) is 5.02 Å². The van der Waals surface area contributed by atoms with Crippen molar-refractivity contribution >= 4 is 17.5 Å². The first kappa shape index (κ1) is 11.6. The molecule has 0 spiro atoms. The zero-order chi connectivity index (χ0) is 12.3. The van der Waals surface area contributed by atoms with E-state index in [9.17, 15) is 4.79 Å². The second-order valence-corrected chi connectivity index (χ2v) is 3.97. The zero-order valence-electron chi connectivity index (χ0n) is 8.93. The Kier molecular flexibility index (Phi) is 3.41. The van der Waals surface area contributed by atoms with Gasteiger partial charge in [0, 0.05) is 11.8 Å². The summed E-state index contributed by atoms with van der Waals surface area (Å²) < 4.78 is 1.70. The number of nitrogen functional groups attached to an aromatic ring is 1. The molecule has 2 rings (SSSR count). The first-order chi connectivity index (χ1) is 8.19. The molecule has 5 nitrogen and oxygen atoms in total. The molecule has 0 saturated carbocycles. The van der Waals surface area contributed by atoms with Crippen LogP contribution in [0.25, 0.3) is 0 Å². The number of benzene rings is 1. The van der Waals surface area contributed by atoms with Crippen molar-refractivity contribution in [1.29, 1.82) is 0 Å². The first-order valence-corrected chi connectivity index (χ1v) is 5.34. The number of hydrazine groups is 1. The molecule has 6 heteroatoms. The lowest BCUT2D eigenvalue weighted by atomic mass is 10.1. The van der Waals surface area contributed by atoms with E-state index in [0.717, 1.165) is 5.56 Å². The van der Waals surface area contributed by atoms with E-state index in [1.54, 1.807) is 35.3 Å². The van der Waals surface area contributed by atoms with Gasteiger partial charge in [0.15, 0.2) is 0 Å². The van der Waals surface area contributed by atoms with Crippen LogP contribution >= 0.6 is 11.6 Å². The third-order valence-corrected chi connectivity index (χ3v) is 2.46. The van der Waals surface area contributed by atoms with Gasteiger partial charge in [-0.1, -0.05) is 23.7 Å². The minimum atomic E-state index is -0.314. The molecule has 1 aromatic heterocycles. The van der Waals surface area contributed by atoms with Crippen LogP contribution in [0, 0.1) is 0 Å². The average Bonchev–Trinajstić information content (AvgIpc) is 2.74. The van der Waals surface area contributed by atoms with Gasteiger partial charge in [0.05, 0.1) is 17.8 Å². The Hall–Kier alpha value is -1.85. The Morgan fingerprint density at radius 1 is 1.53 bits per heavy atom. The molecule has 0 atom stereocenters. The van der Waals surface area contributed by atoms with Crippen molar-refractivity contribution in [2.75, 3.05) is 0 Å². The summed E-state index contributed by atoms with van der Waals surface area (Å²) in [4.78, 5) is 11.3. The highest BCUT2D eigenvalue weighted by atomic mass is 35.5. The van der Waals surface area contributed by atoms with Crippen molar-refractivity contribution in [2.45, 2.75) is 6.54 Å². The van der Waals surface area contributed by atoms with Crippen LogP contribution in [-0.2, 0) is 6.54 Å². The second kappa shape index (κ2) is 4.99. The topological polar surface area (TPSA) is 72.9 Å². The third-order valence-electron chi connectivity index (χ3n) is 2.27. The zero-order valence-corrected chi connectivity index (χ0v) is 9.69. The highest BCUT2D eigenvalue weighted by molar-refractivity contribution is 6.30. The van der Waals surface area contributed by atoms with E-state index in [4.69, 9.17) is 17.4 Å². The molecular weight excluding hydrogens is 240 g/mol. The smallest absolute Gasteiger partial charge is 0.265 e. The second-order valence-electron chi connectivity index (χ2n) is 3.53. The van der Waals surface area contributed by atoms with Crippen molar-refractivity contribution in [2.24, 2.45) is 5.84 Å². The van der Waals surface area contributed by atoms with Gasteiger partial charge in [-0.2, -0.15) is 5.10 Å². The maximum absolute atomic E-state index is 11.3. The van der Waals surface area contributed by atoms with Gasteiger partial charge in [0.25, 0.3) is 5.91 Å². The van der Waals surface area contributed by atoms with Gasteiger partial charge in [-0.15, -0.1) is 0 Å². The van der Waals surface area contributed by atoms with Gasteiger partial charge in [-0.25, -0.2) is 5.84 Å². The molecule has 1 aromatic carbocycles. The Labute approximate surface area is 103 Å². The van der Waals surface area contributed by atoms with Gasteiger partial charge in [0.2, 0.25) is 0 Å². The Balaban J connectivity index is 2.19. The minimum absolute atomic E-state index is 0.314. The summed E-state index contributed by atoms with van der Waals surface area (Å²) in [7, 11) is 0. The van der Waals surface area contributed by atoms with E-state index in [2.05, 4.69) is 10.5 Å². The number of hydrogen-bond acceptors (Lipinski definition) is 3. The number of nitrogens with one attached hydrogen (secondary N) is 1. The van der Waals surface area contributed by atoms with Crippen molar-refractivity contribution in [3.05, 3.63) is 52.8 Å². The first-order valence-electron chi connectivity index (χ1n) is 4.97. The predicted molar refractivity (Wildman–Crippen MR) is 64.4 cm³/mol. The van der Waals surface area contributed by atoms with Gasteiger partial charge >= 0.3 is 0 Å². The maximum Gasteiger partial charge on any atom is 0.265 e. The average molecular weight is 251 g/mol. The fourth-order valence-corrected chi connectivity index (χ4v) is 1.66. The van der Waals surface area contributed by atoms with Crippen molar-refractivity contribution < 1.29 is 4.79 Å². The molecule has 1 heterocycles. The van der Waals surface area contributed by atoms with Gasteiger partial charge in [0.1, 0.15) is 0 Å². The number of carbonyl (C=O) groups excluding carboxylic acids is 1. The number of amides is 1. The van der Waals surface area contributed by atoms with Gasteiger partial charge in [-0.05, 0) is 17.7 Å². The van der Waals surface area contributed by atoms with Crippen LogP contribution in [0.3, 0.4) is 0 Å². The number of nitrogens with zero attached hydrogens (tertiary/aromatic N) is 2. The highest BCUT2D eigenvalue weighted by Gasteiger charge is 2.04. The fourth-order valence-electron chi connectivity index (χ4n) is 1.51. The van der Waals surface area contributed by atoms with E-state index in [1.165, 1.54) is 0 Å². The highest BCUT2D eigenvalue weighted by Crippen LogP contribution is 2.09. The van der Waals surface area contributed by atoms with Crippen LogP contribution in [-0.4, -0.2) is 15.7 Å².